The van der Waals surface area contributed by atoms with Crippen LogP contribution in [0.1, 0.15) is 12.8 Å². The van der Waals surface area contributed by atoms with E-state index >= 15 is 0 Å². The lowest BCUT2D eigenvalue weighted by Gasteiger charge is -2.23. The van der Waals surface area contributed by atoms with E-state index in [1.165, 1.54) is 5.39 Å². The largest absolute Gasteiger partial charge is 0.484 e. The molecule has 0 radical (unpaired) electrons. The van der Waals surface area contributed by atoms with Crippen molar-refractivity contribution in [3.63, 3.8) is 0 Å². The Morgan fingerprint density at radius 1 is 1.24 bits per heavy atom. The molecular formula is C17H20N2O2. The number of benzene rings is 2. The summed E-state index contributed by atoms with van der Waals surface area (Å²) in [4.78, 5) is 14.0. The van der Waals surface area contributed by atoms with E-state index in [1.54, 1.807) is 0 Å². The standard InChI is InChI=1S/C17H20N2O2/c18-11-15-6-3-9-19(15)17(20)12-21-16-8-7-13-4-1-2-5-14(13)10-16/h1-2,4-5,7-8,10,15H,3,6,9,11-12,18H2. The highest BCUT2D eigenvalue weighted by Gasteiger charge is 2.27. The van der Waals surface area contributed by atoms with Crippen LogP contribution in [0.4, 0.5) is 0 Å². The fourth-order valence-electron chi connectivity index (χ4n) is 2.89. The molecule has 1 amide bonds. The third-order valence-electron chi connectivity index (χ3n) is 4.05. The zero-order chi connectivity index (χ0) is 14.7. The van der Waals surface area contributed by atoms with Crippen molar-refractivity contribution in [2.24, 2.45) is 5.73 Å². The summed E-state index contributed by atoms with van der Waals surface area (Å²) in [6.07, 6.45) is 2.03. The van der Waals surface area contributed by atoms with E-state index < -0.39 is 0 Å². The number of nitrogens with zero attached hydrogens (tertiary/aromatic N) is 1. The Morgan fingerprint density at radius 2 is 2.05 bits per heavy atom. The van der Waals surface area contributed by atoms with Crippen LogP contribution in [-0.4, -0.2) is 36.5 Å². The van der Waals surface area contributed by atoms with Gasteiger partial charge in [-0.3, -0.25) is 4.79 Å². The molecule has 0 aromatic heterocycles. The number of nitrogens with two attached hydrogens (primary N) is 1. The molecule has 0 saturated carbocycles. The zero-order valence-electron chi connectivity index (χ0n) is 12.0. The maximum absolute atomic E-state index is 12.2. The van der Waals surface area contributed by atoms with E-state index in [1.807, 2.05) is 41.3 Å². The van der Waals surface area contributed by atoms with Crippen LogP contribution in [0.15, 0.2) is 42.5 Å². The molecule has 110 valence electrons. The highest BCUT2D eigenvalue weighted by atomic mass is 16.5. The first kappa shape index (κ1) is 13.9. The summed E-state index contributed by atoms with van der Waals surface area (Å²) in [7, 11) is 0. The van der Waals surface area contributed by atoms with Gasteiger partial charge in [0.2, 0.25) is 0 Å². The Kier molecular flexibility index (Phi) is 4.06. The fourth-order valence-corrected chi connectivity index (χ4v) is 2.89. The number of hydrogen-bond acceptors (Lipinski definition) is 3. The van der Waals surface area contributed by atoms with E-state index in [9.17, 15) is 4.79 Å². The second-order valence-corrected chi connectivity index (χ2v) is 5.42. The van der Waals surface area contributed by atoms with Crippen molar-refractivity contribution in [3.05, 3.63) is 42.5 Å². The van der Waals surface area contributed by atoms with Crippen molar-refractivity contribution in [1.29, 1.82) is 0 Å². The lowest BCUT2D eigenvalue weighted by molar-refractivity contribution is -0.134. The van der Waals surface area contributed by atoms with E-state index in [4.69, 9.17) is 10.5 Å². The predicted molar refractivity (Wildman–Crippen MR) is 83.2 cm³/mol. The van der Waals surface area contributed by atoms with Gasteiger partial charge in [0, 0.05) is 19.1 Å². The van der Waals surface area contributed by atoms with Gasteiger partial charge in [0.25, 0.3) is 5.91 Å². The molecule has 4 heteroatoms. The topological polar surface area (TPSA) is 55.6 Å². The number of fused-ring (bicyclic) bond motifs is 1. The molecular weight excluding hydrogens is 264 g/mol. The second-order valence-electron chi connectivity index (χ2n) is 5.42. The van der Waals surface area contributed by atoms with Gasteiger partial charge in [-0.15, -0.1) is 0 Å². The van der Waals surface area contributed by atoms with E-state index in [0.717, 1.165) is 30.5 Å². The van der Waals surface area contributed by atoms with Gasteiger partial charge < -0.3 is 15.4 Å². The number of carbonyl (C=O) groups is 1. The smallest absolute Gasteiger partial charge is 0.260 e. The van der Waals surface area contributed by atoms with Crippen molar-refractivity contribution in [1.82, 2.24) is 4.90 Å². The van der Waals surface area contributed by atoms with Crippen molar-refractivity contribution < 1.29 is 9.53 Å². The lowest BCUT2D eigenvalue weighted by Crippen LogP contribution is -2.42. The Bertz CT molecular complexity index is 641. The molecule has 0 bridgehead atoms. The fraction of sp³-hybridized carbons (Fsp3) is 0.353. The predicted octanol–water partition coefficient (Wildman–Crippen LogP) is 2.17. The molecule has 1 atom stereocenters. The first-order chi connectivity index (χ1) is 10.3. The third-order valence-corrected chi connectivity index (χ3v) is 4.05. The highest BCUT2D eigenvalue weighted by molar-refractivity contribution is 5.84. The molecule has 2 aromatic carbocycles. The van der Waals surface area contributed by atoms with Crippen LogP contribution in [-0.2, 0) is 4.79 Å². The van der Waals surface area contributed by atoms with Crippen LogP contribution in [0, 0.1) is 0 Å². The summed E-state index contributed by atoms with van der Waals surface area (Å²) in [5.41, 5.74) is 5.70. The Hall–Kier alpha value is -2.07. The average Bonchev–Trinajstić information content (AvgIpc) is 3.01. The van der Waals surface area contributed by atoms with Gasteiger partial charge in [-0.1, -0.05) is 30.3 Å². The third kappa shape index (κ3) is 3.00. The molecule has 0 spiro atoms. The van der Waals surface area contributed by atoms with Gasteiger partial charge in [0.05, 0.1) is 0 Å². The number of ether oxygens (including phenoxy) is 1. The van der Waals surface area contributed by atoms with Crippen LogP contribution in [0.3, 0.4) is 0 Å². The summed E-state index contributed by atoms with van der Waals surface area (Å²) in [5, 5.41) is 2.28. The van der Waals surface area contributed by atoms with Crippen LogP contribution in [0.2, 0.25) is 0 Å². The molecule has 1 aliphatic rings. The van der Waals surface area contributed by atoms with E-state index in [-0.39, 0.29) is 18.6 Å². The zero-order valence-corrected chi connectivity index (χ0v) is 12.0. The Morgan fingerprint density at radius 3 is 2.86 bits per heavy atom. The van der Waals surface area contributed by atoms with Crippen LogP contribution in [0.5, 0.6) is 5.75 Å². The van der Waals surface area contributed by atoms with Crippen molar-refractivity contribution >= 4 is 16.7 Å². The maximum atomic E-state index is 12.2. The van der Waals surface area contributed by atoms with Gasteiger partial charge in [-0.2, -0.15) is 0 Å². The summed E-state index contributed by atoms with van der Waals surface area (Å²) in [6.45, 7) is 1.40. The number of likely N-dealkylation sites (tertiary alicyclic amines) is 1. The van der Waals surface area contributed by atoms with Gasteiger partial charge in [0.1, 0.15) is 5.75 Å². The van der Waals surface area contributed by atoms with E-state index in [0.29, 0.717) is 6.54 Å². The molecule has 1 saturated heterocycles. The molecule has 1 unspecified atom stereocenters. The summed E-state index contributed by atoms with van der Waals surface area (Å²) in [6, 6.07) is 14.1. The monoisotopic (exact) mass is 284 g/mol. The summed E-state index contributed by atoms with van der Waals surface area (Å²) < 4.78 is 5.65. The quantitative estimate of drug-likeness (QED) is 0.936. The highest BCUT2D eigenvalue weighted by Crippen LogP contribution is 2.21. The van der Waals surface area contributed by atoms with Crippen molar-refractivity contribution in [2.45, 2.75) is 18.9 Å². The molecule has 3 rings (SSSR count). The molecule has 21 heavy (non-hydrogen) atoms. The average molecular weight is 284 g/mol. The maximum Gasteiger partial charge on any atom is 0.260 e. The summed E-state index contributed by atoms with van der Waals surface area (Å²) in [5.74, 6) is 0.752. The van der Waals surface area contributed by atoms with Crippen molar-refractivity contribution in [3.8, 4) is 5.75 Å². The number of hydrogen-bond donors (Lipinski definition) is 1. The Labute approximate surface area is 124 Å². The normalized spacial score (nSPS) is 18.1. The van der Waals surface area contributed by atoms with Crippen molar-refractivity contribution in [2.75, 3.05) is 19.7 Å². The van der Waals surface area contributed by atoms with Crippen LogP contribution < -0.4 is 10.5 Å². The number of rotatable bonds is 4. The van der Waals surface area contributed by atoms with E-state index in [2.05, 4.69) is 6.07 Å². The van der Waals surface area contributed by atoms with Gasteiger partial charge in [-0.05, 0) is 35.7 Å². The SMILES string of the molecule is NCC1CCCN1C(=O)COc1ccc2ccccc2c1. The molecule has 4 nitrogen and oxygen atoms in total. The Balaban J connectivity index is 1.64. The minimum Gasteiger partial charge on any atom is -0.484 e. The van der Waals surface area contributed by atoms with Gasteiger partial charge in [-0.25, -0.2) is 0 Å². The lowest BCUT2D eigenvalue weighted by atomic mass is 10.1. The first-order valence-electron chi connectivity index (χ1n) is 7.39. The summed E-state index contributed by atoms with van der Waals surface area (Å²) >= 11 is 0. The number of carbonyl (C=O) groups excluding carboxylic acids is 1. The van der Waals surface area contributed by atoms with Gasteiger partial charge in [0.15, 0.2) is 6.61 Å². The van der Waals surface area contributed by atoms with Crippen LogP contribution in [0.25, 0.3) is 10.8 Å². The molecule has 1 fully saturated rings. The van der Waals surface area contributed by atoms with Crippen LogP contribution >= 0.6 is 0 Å². The number of amides is 1. The first-order valence-corrected chi connectivity index (χ1v) is 7.39. The molecule has 2 N–H and O–H groups in total. The molecule has 2 aromatic rings. The molecule has 1 aliphatic heterocycles. The minimum atomic E-state index is 0.0242. The minimum absolute atomic E-state index is 0.0242. The second kappa shape index (κ2) is 6.14. The molecule has 1 heterocycles. The van der Waals surface area contributed by atoms with Gasteiger partial charge >= 0.3 is 0 Å². The molecule has 0 aliphatic carbocycles.